The molecule has 110 valence electrons. The Morgan fingerprint density at radius 1 is 1.24 bits per heavy atom. The normalized spacial score (nSPS) is 10.2. The van der Waals surface area contributed by atoms with Gasteiger partial charge in [-0.25, -0.2) is 4.39 Å². The largest absolute Gasteiger partial charge is 0.497 e. The van der Waals surface area contributed by atoms with Crippen molar-refractivity contribution >= 4 is 11.6 Å². The zero-order valence-corrected chi connectivity index (χ0v) is 11.7. The lowest BCUT2D eigenvalue weighted by molar-refractivity contribution is 0.0955. The second kappa shape index (κ2) is 6.74. The fraction of sp³-hybridized carbons (Fsp3) is 0.188. The van der Waals surface area contributed by atoms with Gasteiger partial charge in [-0.15, -0.1) is 0 Å². The molecule has 0 saturated carbocycles. The van der Waals surface area contributed by atoms with Gasteiger partial charge in [0.25, 0.3) is 5.91 Å². The first kappa shape index (κ1) is 14.8. The van der Waals surface area contributed by atoms with E-state index in [9.17, 15) is 9.18 Å². The number of amides is 1. The number of nitrogens with one attached hydrogen (secondary N) is 1. The van der Waals surface area contributed by atoms with Crippen LogP contribution in [0.3, 0.4) is 0 Å². The average Bonchev–Trinajstić information content (AvgIpc) is 2.47. The van der Waals surface area contributed by atoms with Crippen LogP contribution in [0.25, 0.3) is 0 Å². The van der Waals surface area contributed by atoms with Gasteiger partial charge in [0.1, 0.15) is 11.6 Å². The first-order chi connectivity index (χ1) is 10.1. The maximum absolute atomic E-state index is 12.9. The topological polar surface area (TPSA) is 64.3 Å². The van der Waals surface area contributed by atoms with Crippen molar-refractivity contribution in [3.63, 3.8) is 0 Å². The molecule has 2 rings (SSSR count). The molecule has 0 heterocycles. The molecule has 3 N–H and O–H groups in total. The van der Waals surface area contributed by atoms with Gasteiger partial charge in [0.05, 0.1) is 12.7 Å². The van der Waals surface area contributed by atoms with E-state index in [1.54, 1.807) is 7.11 Å². The Morgan fingerprint density at radius 2 is 1.95 bits per heavy atom. The van der Waals surface area contributed by atoms with Crippen molar-refractivity contribution in [1.29, 1.82) is 0 Å². The first-order valence-electron chi connectivity index (χ1n) is 6.56. The molecule has 0 aromatic heterocycles. The standard InChI is InChI=1S/C16H17FN2O2/c1-21-13-5-2-11(3-6-13)8-9-19-16(20)14-7-4-12(17)10-15(14)18/h2-7,10H,8-9,18H2,1H3,(H,19,20). The van der Waals surface area contributed by atoms with E-state index in [0.717, 1.165) is 17.4 Å². The lowest BCUT2D eigenvalue weighted by Gasteiger charge is -2.08. The van der Waals surface area contributed by atoms with Crippen LogP contribution in [0.5, 0.6) is 5.75 Å². The van der Waals surface area contributed by atoms with E-state index >= 15 is 0 Å². The number of ether oxygens (including phenoxy) is 1. The van der Waals surface area contributed by atoms with E-state index < -0.39 is 5.82 Å². The molecule has 2 aromatic carbocycles. The number of rotatable bonds is 5. The summed E-state index contributed by atoms with van der Waals surface area (Å²) >= 11 is 0. The van der Waals surface area contributed by atoms with Gasteiger partial charge in [0.2, 0.25) is 0 Å². The summed E-state index contributed by atoms with van der Waals surface area (Å²) in [6, 6.07) is 11.4. The van der Waals surface area contributed by atoms with E-state index in [1.165, 1.54) is 12.1 Å². The van der Waals surface area contributed by atoms with Crippen LogP contribution >= 0.6 is 0 Å². The molecule has 1 amide bonds. The zero-order chi connectivity index (χ0) is 15.2. The SMILES string of the molecule is COc1ccc(CCNC(=O)c2ccc(F)cc2N)cc1. The lowest BCUT2D eigenvalue weighted by Crippen LogP contribution is -2.26. The maximum Gasteiger partial charge on any atom is 0.253 e. The van der Waals surface area contributed by atoms with Crippen LogP contribution in [0, 0.1) is 5.82 Å². The second-order valence-electron chi connectivity index (χ2n) is 4.59. The molecular formula is C16H17FN2O2. The van der Waals surface area contributed by atoms with Crippen molar-refractivity contribution in [3.05, 3.63) is 59.4 Å². The highest BCUT2D eigenvalue weighted by Gasteiger charge is 2.09. The summed E-state index contributed by atoms with van der Waals surface area (Å²) < 4.78 is 18.0. The maximum atomic E-state index is 12.9. The fourth-order valence-electron chi connectivity index (χ4n) is 1.95. The molecule has 0 atom stereocenters. The Kier molecular flexibility index (Phi) is 4.77. The van der Waals surface area contributed by atoms with Gasteiger partial charge in [-0.3, -0.25) is 4.79 Å². The molecule has 5 heteroatoms. The number of carbonyl (C=O) groups excluding carboxylic acids is 1. The molecule has 0 unspecified atom stereocenters. The highest BCUT2D eigenvalue weighted by atomic mass is 19.1. The van der Waals surface area contributed by atoms with Crippen molar-refractivity contribution in [2.24, 2.45) is 0 Å². The molecule has 21 heavy (non-hydrogen) atoms. The molecule has 4 nitrogen and oxygen atoms in total. The third-order valence-corrected chi connectivity index (χ3v) is 3.12. The predicted molar refractivity (Wildman–Crippen MR) is 79.8 cm³/mol. The predicted octanol–water partition coefficient (Wildman–Crippen LogP) is 2.39. The van der Waals surface area contributed by atoms with Crippen LogP contribution in [0.4, 0.5) is 10.1 Å². The minimum Gasteiger partial charge on any atom is -0.497 e. The van der Waals surface area contributed by atoms with E-state index in [2.05, 4.69) is 5.32 Å². The smallest absolute Gasteiger partial charge is 0.253 e. The fourth-order valence-corrected chi connectivity index (χ4v) is 1.95. The van der Waals surface area contributed by atoms with Crippen molar-refractivity contribution in [2.45, 2.75) is 6.42 Å². The summed E-state index contributed by atoms with van der Waals surface area (Å²) in [6.07, 6.45) is 0.691. The van der Waals surface area contributed by atoms with Crippen molar-refractivity contribution < 1.29 is 13.9 Å². The summed E-state index contributed by atoms with van der Waals surface area (Å²) in [7, 11) is 1.61. The van der Waals surface area contributed by atoms with Gasteiger partial charge in [-0.05, 0) is 42.3 Å². The van der Waals surface area contributed by atoms with E-state index in [-0.39, 0.29) is 17.2 Å². The molecule has 0 spiro atoms. The van der Waals surface area contributed by atoms with Crippen LogP contribution in [-0.2, 0) is 6.42 Å². The van der Waals surface area contributed by atoms with Gasteiger partial charge in [0.15, 0.2) is 0 Å². The Hall–Kier alpha value is -2.56. The number of carbonyl (C=O) groups is 1. The van der Waals surface area contributed by atoms with Crippen molar-refractivity contribution in [2.75, 3.05) is 19.4 Å². The number of nitrogens with two attached hydrogens (primary N) is 1. The number of hydrogen-bond acceptors (Lipinski definition) is 3. The summed E-state index contributed by atoms with van der Waals surface area (Å²) in [5.41, 5.74) is 7.13. The number of methoxy groups -OCH3 is 1. The van der Waals surface area contributed by atoms with Crippen LogP contribution in [0.1, 0.15) is 15.9 Å². The molecular weight excluding hydrogens is 271 g/mol. The molecule has 2 aromatic rings. The third-order valence-electron chi connectivity index (χ3n) is 3.12. The lowest BCUT2D eigenvalue weighted by atomic mass is 10.1. The van der Waals surface area contributed by atoms with E-state index in [4.69, 9.17) is 10.5 Å². The summed E-state index contributed by atoms with van der Waals surface area (Å²) in [4.78, 5) is 11.9. The molecule has 0 radical (unpaired) electrons. The number of hydrogen-bond donors (Lipinski definition) is 2. The van der Waals surface area contributed by atoms with Gasteiger partial charge >= 0.3 is 0 Å². The number of halogens is 1. The van der Waals surface area contributed by atoms with Crippen molar-refractivity contribution in [1.82, 2.24) is 5.32 Å². The van der Waals surface area contributed by atoms with Gasteiger partial charge in [0, 0.05) is 12.2 Å². The summed E-state index contributed by atoms with van der Waals surface area (Å²) in [5.74, 6) is 0.0326. The van der Waals surface area contributed by atoms with Gasteiger partial charge in [-0.1, -0.05) is 12.1 Å². The number of nitrogen functional groups attached to an aromatic ring is 1. The number of anilines is 1. The van der Waals surface area contributed by atoms with E-state index in [0.29, 0.717) is 13.0 Å². The summed E-state index contributed by atoms with van der Waals surface area (Å²) in [5, 5.41) is 2.76. The Bertz CT molecular complexity index is 627. The molecule has 0 fully saturated rings. The Morgan fingerprint density at radius 3 is 2.57 bits per heavy atom. The number of benzene rings is 2. The Balaban J connectivity index is 1.88. The quantitative estimate of drug-likeness (QED) is 0.830. The molecule has 0 aliphatic heterocycles. The van der Waals surface area contributed by atoms with Crippen LogP contribution in [-0.4, -0.2) is 19.6 Å². The second-order valence-corrected chi connectivity index (χ2v) is 4.59. The first-order valence-corrected chi connectivity index (χ1v) is 6.56. The highest BCUT2D eigenvalue weighted by molar-refractivity contribution is 5.99. The minimum absolute atomic E-state index is 0.136. The molecule has 0 aliphatic carbocycles. The van der Waals surface area contributed by atoms with E-state index in [1.807, 2.05) is 24.3 Å². The molecule has 0 bridgehead atoms. The summed E-state index contributed by atoms with van der Waals surface area (Å²) in [6.45, 7) is 0.474. The molecule has 0 saturated heterocycles. The van der Waals surface area contributed by atoms with Crippen LogP contribution in [0.15, 0.2) is 42.5 Å². The molecule has 0 aliphatic rings. The van der Waals surface area contributed by atoms with Crippen LogP contribution < -0.4 is 15.8 Å². The zero-order valence-electron chi connectivity index (χ0n) is 11.7. The average molecular weight is 288 g/mol. The highest BCUT2D eigenvalue weighted by Crippen LogP contribution is 2.14. The van der Waals surface area contributed by atoms with Gasteiger partial charge in [-0.2, -0.15) is 0 Å². The minimum atomic E-state index is -0.456. The third kappa shape index (κ3) is 3.95. The Labute approximate surface area is 122 Å². The van der Waals surface area contributed by atoms with Gasteiger partial charge < -0.3 is 15.8 Å². The van der Waals surface area contributed by atoms with Crippen molar-refractivity contribution in [3.8, 4) is 5.75 Å². The monoisotopic (exact) mass is 288 g/mol. The van der Waals surface area contributed by atoms with Crippen LogP contribution in [0.2, 0.25) is 0 Å².